The van der Waals surface area contributed by atoms with Crippen LogP contribution in [0.3, 0.4) is 0 Å². The van der Waals surface area contributed by atoms with E-state index in [1.165, 1.54) is 3.58 Å². The first kappa shape index (κ1) is 11.5. The molecule has 0 unspecified atom stereocenters. The standard InChI is InChI=1S/C7H7N2O.3CH3.Sn/c8-9-7(10)6-4-2-1-3-5-6;;;;/h1-4H,8H2,(H,9,10);3*1H3;. The summed E-state index contributed by atoms with van der Waals surface area (Å²) in [6.07, 6.45) is 0. The van der Waals surface area contributed by atoms with Crippen LogP contribution in [0.25, 0.3) is 0 Å². The number of nitrogens with two attached hydrogens (primary N) is 1. The average molecular weight is 299 g/mol. The number of hydrogen-bond acceptors (Lipinski definition) is 2. The first-order chi connectivity index (χ1) is 6.46. The van der Waals surface area contributed by atoms with Gasteiger partial charge in [0.1, 0.15) is 0 Å². The molecule has 0 atom stereocenters. The number of carbonyl (C=O) groups is 1. The van der Waals surface area contributed by atoms with Crippen LogP contribution < -0.4 is 14.8 Å². The number of hydrazine groups is 1. The molecule has 0 aromatic heterocycles. The van der Waals surface area contributed by atoms with Crippen LogP contribution in [0.4, 0.5) is 0 Å². The molecule has 4 heteroatoms. The van der Waals surface area contributed by atoms with Crippen LogP contribution in [0, 0.1) is 0 Å². The summed E-state index contributed by atoms with van der Waals surface area (Å²) in [4.78, 5) is 18.3. The Hall–Kier alpha value is -0.551. The van der Waals surface area contributed by atoms with Gasteiger partial charge in [0.2, 0.25) is 0 Å². The first-order valence-corrected chi connectivity index (χ1v) is 14.6. The van der Waals surface area contributed by atoms with Crippen LogP contribution in [0.2, 0.25) is 14.8 Å². The molecule has 0 spiro atoms. The molecule has 0 bridgehead atoms. The van der Waals surface area contributed by atoms with Gasteiger partial charge in [-0.05, 0) is 0 Å². The fraction of sp³-hybridized carbons (Fsp3) is 0.300. The summed E-state index contributed by atoms with van der Waals surface area (Å²) in [5, 5.41) is 0. The number of rotatable bonds is 2. The monoisotopic (exact) mass is 300 g/mol. The van der Waals surface area contributed by atoms with E-state index in [-0.39, 0.29) is 5.91 Å². The van der Waals surface area contributed by atoms with Crippen molar-refractivity contribution < 1.29 is 4.79 Å². The maximum atomic E-state index is 11.5. The Bertz CT molecular complexity index is 344. The molecule has 1 rings (SSSR count). The predicted molar refractivity (Wildman–Crippen MR) is 61.1 cm³/mol. The predicted octanol–water partition coefficient (Wildman–Crippen LogP) is 0.835. The minimum absolute atomic E-state index is 0.188. The summed E-state index contributed by atoms with van der Waals surface area (Å²) in [5.41, 5.74) is 2.92. The number of hydrogen-bond donors (Lipinski definition) is 2. The number of nitrogen functional groups attached to an aromatic ring is 1. The van der Waals surface area contributed by atoms with Gasteiger partial charge < -0.3 is 0 Å². The van der Waals surface area contributed by atoms with Crippen LogP contribution in [-0.4, -0.2) is 24.3 Å². The van der Waals surface area contributed by atoms with Crippen molar-refractivity contribution in [1.29, 1.82) is 0 Å². The third-order valence-corrected chi connectivity index (χ3v) is 7.97. The van der Waals surface area contributed by atoms with Crippen molar-refractivity contribution in [3.05, 3.63) is 29.8 Å². The molecule has 1 amide bonds. The van der Waals surface area contributed by atoms with Gasteiger partial charge in [0.05, 0.1) is 0 Å². The molecule has 0 aliphatic heterocycles. The molecule has 0 aliphatic carbocycles. The molecule has 0 fully saturated rings. The Labute approximate surface area is 88.5 Å². The minimum atomic E-state index is -2.20. The Balaban J connectivity index is 3.23. The SMILES string of the molecule is [CH3][Sn]([CH3])([CH3])[c]1ccccc1C(=O)NN. The second kappa shape index (κ2) is 4.31. The van der Waals surface area contributed by atoms with E-state index in [2.05, 4.69) is 20.2 Å². The summed E-state index contributed by atoms with van der Waals surface area (Å²) in [5.74, 6) is 4.95. The van der Waals surface area contributed by atoms with Crippen molar-refractivity contribution in [2.45, 2.75) is 14.8 Å². The average Bonchev–Trinajstić information content (AvgIpc) is 2.15. The van der Waals surface area contributed by atoms with E-state index in [9.17, 15) is 4.79 Å². The first-order valence-electron chi connectivity index (χ1n) is 4.57. The van der Waals surface area contributed by atoms with Gasteiger partial charge in [-0.15, -0.1) is 0 Å². The quantitative estimate of drug-likeness (QED) is 0.368. The van der Waals surface area contributed by atoms with Gasteiger partial charge in [0.25, 0.3) is 0 Å². The van der Waals surface area contributed by atoms with Crippen molar-refractivity contribution in [2.75, 3.05) is 0 Å². The molecule has 3 N–H and O–H groups in total. The molecule has 0 heterocycles. The summed E-state index contributed by atoms with van der Waals surface area (Å²) in [6, 6.07) is 7.72. The molecule has 1 aromatic rings. The van der Waals surface area contributed by atoms with Crippen LogP contribution in [-0.2, 0) is 0 Å². The van der Waals surface area contributed by atoms with E-state index in [0.717, 1.165) is 5.56 Å². The summed E-state index contributed by atoms with van der Waals surface area (Å²) in [7, 11) is 0. The number of carbonyl (C=O) groups excluding carboxylic acids is 1. The third kappa shape index (κ3) is 2.48. The van der Waals surface area contributed by atoms with Gasteiger partial charge in [0.15, 0.2) is 0 Å². The molecule has 0 aliphatic rings. The molecular weight excluding hydrogens is 283 g/mol. The topological polar surface area (TPSA) is 55.1 Å². The molecule has 0 saturated carbocycles. The molecule has 1 aromatic carbocycles. The summed E-state index contributed by atoms with van der Waals surface area (Å²) < 4.78 is 1.21. The molecule has 0 saturated heterocycles. The van der Waals surface area contributed by atoms with Gasteiger partial charge >= 0.3 is 88.6 Å². The Morgan fingerprint density at radius 3 is 2.36 bits per heavy atom. The van der Waals surface area contributed by atoms with Crippen molar-refractivity contribution in [1.82, 2.24) is 5.43 Å². The fourth-order valence-electron chi connectivity index (χ4n) is 1.41. The van der Waals surface area contributed by atoms with Crippen molar-refractivity contribution in [3.8, 4) is 0 Å². The van der Waals surface area contributed by atoms with Crippen molar-refractivity contribution in [3.63, 3.8) is 0 Å². The van der Waals surface area contributed by atoms with Crippen molar-refractivity contribution >= 4 is 27.9 Å². The van der Waals surface area contributed by atoms with Crippen LogP contribution in [0.1, 0.15) is 10.4 Å². The zero-order valence-corrected chi connectivity index (χ0v) is 11.6. The van der Waals surface area contributed by atoms with E-state index in [0.29, 0.717) is 0 Å². The van der Waals surface area contributed by atoms with E-state index < -0.39 is 18.4 Å². The number of nitrogens with one attached hydrogen (secondary N) is 1. The zero-order valence-electron chi connectivity index (χ0n) is 8.79. The van der Waals surface area contributed by atoms with Gasteiger partial charge in [-0.2, -0.15) is 0 Å². The Morgan fingerprint density at radius 1 is 1.29 bits per heavy atom. The number of amides is 1. The molecule has 14 heavy (non-hydrogen) atoms. The Morgan fingerprint density at radius 2 is 1.86 bits per heavy atom. The van der Waals surface area contributed by atoms with E-state index in [1.54, 1.807) is 0 Å². The molecule has 3 nitrogen and oxygen atoms in total. The normalized spacial score (nSPS) is 11.1. The third-order valence-electron chi connectivity index (χ3n) is 2.11. The second-order valence-electron chi connectivity index (χ2n) is 4.27. The summed E-state index contributed by atoms with van der Waals surface area (Å²) >= 11 is -2.20. The van der Waals surface area contributed by atoms with E-state index in [1.807, 2.05) is 24.3 Å². The van der Waals surface area contributed by atoms with Gasteiger partial charge in [-0.25, -0.2) is 0 Å². The van der Waals surface area contributed by atoms with Gasteiger partial charge in [-0.1, -0.05) is 0 Å². The molecule has 76 valence electrons. The zero-order chi connectivity index (χ0) is 10.8. The molecule has 0 radical (unpaired) electrons. The van der Waals surface area contributed by atoms with Gasteiger partial charge in [-0.3, -0.25) is 0 Å². The Kier molecular flexibility index (Phi) is 3.55. The fourth-order valence-corrected chi connectivity index (χ4v) is 5.98. The number of benzene rings is 1. The van der Waals surface area contributed by atoms with Crippen LogP contribution in [0.5, 0.6) is 0 Å². The summed E-state index contributed by atoms with van der Waals surface area (Å²) in [6.45, 7) is 0. The van der Waals surface area contributed by atoms with Crippen LogP contribution in [0.15, 0.2) is 24.3 Å². The van der Waals surface area contributed by atoms with Crippen molar-refractivity contribution in [2.24, 2.45) is 5.84 Å². The molecular formula is C10H16N2OSn. The van der Waals surface area contributed by atoms with Crippen LogP contribution >= 0.6 is 0 Å². The van der Waals surface area contributed by atoms with E-state index in [4.69, 9.17) is 5.84 Å². The van der Waals surface area contributed by atoms with E-state index >= 15 is 0 Å². The van der Waals surface area contributed by atoms with Gasteiger partial charge in [0, 0.05) is 0 Å². The maximum absolute atomic E-state index is 11.5. The second-order valence-corrected chi connectivity index (χ2v) is 18.6.